The Morgan fingerprint density at radius 3 is 2.55 bits per heavy atom. The van der Waals surface area contributed by atoms with Gasteiger partial charge in [-0.3, -0.25) is 4.79 Å². The molecule has 3 aromatic rings. The van der Waals surface area contributed by atoms with Crippen molar-refractivity contribution in [1.29, 1.82) is 0 Å². The minimum atomic E-state index is -0.569. The molecule has 0 spiro atoms. The molecule has 8 nitrogen and oxygen atoms in total. The van der Waals surface area contributed by atoms with Crippen LogP contribution in [-0.4, -0.2) is 39.8 Å². The number of thioether (sulfide) groups is 1. The number of ether oxygens (including phenoxy) is 3. The van der Waals surface area contributed by atoms with Gasteiger partial charge in [-0.1, -0.05) is 18.2 Å². The number of benzene rings is 2. The number of hydrogen-bond donors (Lipinski definition) is 1. The highest BCUT2D eigenvalue weighted by Gasteiger charge is 2.29. The Balaban J connectivity index is 1.51. The molecular formula is C31H31N3O5S. The molecule has 1 atom stereocenters. The number of allylic oxidation sites excluding steroid dienone is 3. The third-order valence-electron chi connectivity index (χ3n) is 6.78. The zero-order valence-corrected chi connectivity index (χ0v) is 23.9. The number of carbonyl (C=O) groups excluding carboxylic acids is 2. The molecule has 3 heterocycles. The number of carbonyl (C=O) groups is 2. The Hall–Kier alpha value is -4.11. The molecule has 2 aliphatic rings. The summed E-state index contributed by atoms with van der Waals surface area (Å²) < 4.78 is 17.2. The number of hydrogen-bond acceptors (Lipinski definition) is 9. The molecule has 9 heteroatoms. The average Bonchev–Trinajstić information content (AvgIpc) is 3.37. The van der Waals surface area contributed by atoms with Crippen molar-refractivity contribution >= 4 is 35.0 Å². The maximum atomic E-state index is 13.0. The zero-order chi connectivity index (χ0) is 28.4. The van der Waals surface area contributed by atoms with Gasteiger partial charge in [0.15, 0.2) is 0 Å². The highest BCUT2D eigenvalue weighted by Crippen LogP contribution is 2.43. The fourth-order valence-corrected chi connectivity index (χ4v) is 6.10. The largest absolute Gasteiger partial charge is 0.496 e. The molecule has 0 saturated heterocycles. The van der Waals surface area contributed by atoms with Gasteiger partial charge in [-0.25, -0.2) is 14.8 Å². The molecule has 2 aromatic carbocycles. The summed E-state index contributed by atoms with van der Waals surface area (Å²) in [6, 6.07) is 9.26. The van der Waals surface area contributed by atoms with Crippen molar-refractivity contribution in [3.05, 3.63) is 82.8 Å². The van der Waals surface area contributed by atoms with Crippen LogP contribution < -0.4 is 14.8 Å². The first-order valence-corrected chi connectivity index (χ1v) is 13.8. The van der Waals surface area contributed by atoms with E-state index in [9.17, 15) is 9.59 Å². The van der Waals surface area contributed by atoms with Crippen molar-refractivity contribution in [2.45, 2.75) is 51.5 Å². The summed E-state index contributed by atoms with van der Waals surface area (Å²) in [5, 5.41) is 3.35. The Labute approximate surface area is 237 Å². The summed E-state index contributed by atoms with van der Waals surface area (Å²) in [4.78, 5) is 34.4. The van der Waals surface area contributed by atoms with E-state index in [1.54, 1.807) is 31.0 Å². The maximum Gasteiger partial charge on any atom is 0.346 e. The van der Waals surface area contributed by atoms with Crippen LogP contribution in [-0.2, 0) is 16.1 Å². The van der Waals surface area contributed by atoms with Crippen molar-refractivity contribution in [2.24, 2.45) is 0 Å². The van der Waals surface area contributed by atoms with Crippen LogP contribution in [0.25, 0.3) is 16.7 Å². The molecule has 0 aliphatic carbocycles. The first kappa shape index (κ1) is 27.5. The smallest absolute Gasteiger partial charge is 0.346 e. The molecule has 2 aliphatic heterocycles. The highest BCUT2D eigenvalue weighted by molar-refractivity contribution is 8.04. The molecule has 0 radical (unpaired) electrons. The number of nitrogens with zero attached hydrogens (tertiary/aromatic N) is 2. The van der Waals surface area contributed by atoms with Gasteiger partial charge in [0.1, 0.15) is 29.7 Å². The number of rotatable bonds is 7. The Morgan fingerprint density at radius 2 is 1.85 bits per heavy atom. The number of methoxy groups -OCH3 is 1. The van der Waals surface area contributed by atoms with Gasteiger partial charge in [0, 0.05) is 40.8 Å². The molecule has 0 fully saturated rings. The van der Waals surface area contributed by atoms with Gasteiger partial charge < -0.3 is 19.5 Å². The lowest BCUT2D eigenvalue weighted by Crippen LogP contribution is -2.32. The average molecular weight is 558 g/mol. The van der Waals surface area contributed by atoms with Crippen molar-refractivity contribution in [1.82, 2.24) is 9.97 Å². The minimum absolute atomic E-state index is 0.106. The third kappa shape index (κ3) is 5.74. The summed E-state index contributed by atoms with van der Waals surface area (Å²) >= 11 is 1.54. The van der Waals surface area contributed by atoms with Gasteiger partial charge in [0.05, 0.1) is 18.2 Å². The third-order valence-corrected chi connectivity index (χ3v) is 7.99. The number of aromatic nitrogens is 2. The van der Waals surface area contributed by atoms with E-state index in [1.807, 2.05) is 25.1 Å². The fraction of sp³-hybridized carbons (Fsp3) is 0.290. The predicted octanol–water partition coefficient (Wildman–Crippen LogP) is 6.43. The first-order chi connectivity index (χ1) is 19.1. The van der Waals surface area contributed by atoms with Gasteiger partial charge in [-0.15, -0.1) is 11.8 Å². The van der Waals surface area contributed by atoms with E-state index in [0.29, 0.717) is 17.9 Å². The summed E-state index contributed by atoms with van der Waals surface area (Å²) in [6.45, 7) is 8.42. The number of esters is 2. The van der Waals surface area contributed by atoms with Crippen molar-refractivity contribution in [2.75, 3.05) is 12.4 Å². The van der Waals surface area contributed by atoms with E-state index < -0.39 is 5.97 Å². The lowest BCUT2D eigenvalue weighted by molar-refractivity contribution is -0.144. The van der Waals surface area contributed by atoms with Gasteiger partial charge in [-0.05, 0) is 68.4 Å². The summed E-state index contributed by atoms with van der Waals surface area (Å²) in [6.07, 6.45) is 9.06. The summed E-state index contributed by atoms with van der Waals surface area (Å²) in [7, 11) is 1.56. The fourth-order valence-electron chi connectivity index (χ4n) is 5.10. The second kappa shape index (κ2) is 11.2. The monoisotopic (exact) mass is 557 g/mol. The van der Waals surface area contributed by atoms with Crippen molar-refractivity contribution in [3.63, 3.8) is 0 Å². The zero-order valence-electron chi connectivity index (χ0n) is 23.1. The SMILES string of the molecule is COc1cc(OC(=O)c2cncnc2)ccc1-c1ccc2c(c1COC(=O)C1CC=C(C)S1)C(C)=CC(C)(C)N2. The van der Waals surface area contributed by atoms with Gasteiger partial charge >= 0.3 is 11.9 Å². The molecule has 40 heavy (non-hydrogen) atoms. The van der Waals surface area contributed by atoms with Crippen LogP contribution in [0, 0.1) is 0 Å². The van der Waals surface area contributed by atoms with Gasteiger partial charge in [0.25, 0.3) is 0 Å². The van der Waals surface area contributed by atoms with E-state index in [-0.39, 0.29) is 28.9 Å². The molecule has 0 bridgehead atoms. The highest BCUT2D eigenvalue weighted by atomic mass is 32.2. The number of anilines is 1. The molecule has 0 amide bonds. The van der Waals surface area contributed by atoms with E-state index in [4.69, 9.17) is 14.2 Å². The first-order valence-electron chi connectivity index (χ1n) is 12.9. The lowest BCUT2D eigenvalue weighted by atomic mass is 9.85. The lowest BCUT2D eigenvalue weighted by Gasteiger charge is -2.33. The molecular weight excluding hydrogens is 526 g/mol. The quantitative estimate of drug-likeness (QED) is 0.260. The van der Waals surface area contributed by atoms with Crippen molar-refractivity contribution in [3.8, 4) is 22.6 Å². The molecule has 0 saturated carbocycles. The number of nitrogens with one attached hydrogen (secondary N) is 1. The van der Waals surface area contributed by atoms with E-state index in [0.717, 1.165) is 38.4 Å². The Kier molecular flexibility index (Phi) is 7.67. The van der Waals surface area contributed by atoms with Crippen LogP contribution in [0.5, 0.6) is 11.5 Å². The van der Waals surface area contributed by atoms with Crippen LogP contribution in [0.4, 0.5) is 5.69 Å². The van der Waals surface area contributed by atoms with E-state index >= 15 is 0 Å². The van der Waals surface area contributed by atoms with Crippen LogP contribution in [0.1, 0.15) is 55.6 Å². The van der Waals surface area contributed by atoms with Gasteiger partial charge in [-0.2, -0.15) is 0 Å². The second-order valence-electron chi connectivity index (χ2n) is 10.3. The Bertz CT molecular complexity index is 1530. The molecule has 206 valence electrons. The van der Waals surface area contributed by atoms with Crippen LogP contribution >= 0.6 is 11.8 Å². The molecule has 1 aromatic heterocycles. The van der Waals surface area contributed by atoms with Crippen LogP contribution in [0.3, 0.4) is 0 Å². The van der Waals surface area contributed by atoms with Crippen LogP contribution in [0.15, 0.2) is 66.1 Å². The summed E-state index contributed by atoms with van der Waals surface area (Å²) in [5.74, 6) is 0.0345. The van der Waals surface area contributed by atoms with Gasteiger partial charge in [0.2, 0.25) is 0 Å². The topological polar surface area (TPSA) is 99.6 Å². The standard InChI is InChI=1S/C31H31N3O5S/c1-18-13-31(3,4)34-25-10-9-22(24(28(18)25)16-38-30(36)27-11-6-19(2)40-27)23-8-7-21(12-26(23)37-5)39-29(35)20-14-32-17-33-15-20/h6-10,12-15,17,27,34H,11,16H2,1-5H3. The molecule has 1 N–H and O–H groups in total. The molecule has 5 rings (SSSR count). The summed E-state index contributed by atoms with van der Waals surface area (Å²) in [5.41, 5.74) is 5.61. The second-order valence-corrected chi connectivity index (χ2v) is 11.8. The molecule has 1 unspecified atom stereocenters. The Morgan fingerprint density at radius 1 is 1.10 bits per heavy atom. The normalized spacial score (nSPS) is 17.2. The van der Waals surface area contributed by atoms with E-state index in [2.05, 4.69) is 48.2 Å². The van der Waals surface area contributed by atoms with E-state index in [1.165, 1.54) is 18.7 Å². The minimum Gasteiger partial charge on any atom is -0.496 e. The predicted molar refractivity (Wildman–Crippen MR) is 156 cm³/mol. The maximum absolute atomic E-state index is 13.0. The van der Waals surface area contributed by atoms with Crippen molar-refractivity contribution < 1.29 is 23.8 Å². The van der Waals surface area contributed by atoms with Crippen LogP contribution in [0.2, 0.25) is 0 Å². The number of fused-ring (bicyclic) bond motifs is 1.